The van der Waals surface area contributed by atoms with Crippen LogP contribution in [0.25, 0.3) is 22.8 Å². The molecule has 1 aliphatic heterocycles. The average molecular weight is 423 g/mol. The lowest BCUT2D eigenvalue weighted by atomic mass is 9.95. The maximum Gasteiger partial charge on any atom is 0.261 e. The summed E-state index contributed by atoms with van der Waals surface area (Å²) in [7, 11) is 0. The minimum Gasteiger partial charge on any atom is -0.356 e. The van der Waals surface area contributed by atoms with Gasteiger partial charge >= 0.3 is 0 Å². The zero-order chi connectivity index (χ0) is 21.8. The van der Waals surface area contributed by atoms with E-state index < -0.39 is 0 Å². The van der Waals surface area contributed by atoms with Gasteiger partial charge in [-0.05, 0) is 50.5 Å². The smallest absolute Gasteiger partial charge is 0.261 e. The molecule has 1 amide bonds. The summed E-state index contributed by atoms with van der Waals surface area (Å²) in [6, 6.07) is 9.97. The third-order valence-electron chi connectivity index (χ3n) is 5.69. The summed E-state index contributed by atoms with van der Waals surface area (Å²) in [5.41, 5.74) is 1.27. The molecular weight excluding hydrogens is 397 g/mol. The number of benzene rings is 1. The fourth-order valence-corrected chi connectivity index (χ4v) is 3.71. The Morgan fingerprint density at radius 3 is 2.84 bits per heavy atom. The maximum absolute atomic E-state index is 13.5. The van der Waals surface area contributed by atoms with Gasteiger partial charge in [0.15, 0.2) is 0 Å². The molecule has 1 aliphatic rings. The molecule has 1 fully saturated rings. The Bertz CT molecular complexity index is 1050. The zero-order valence-corrected chi connectivity index (χ0v) is 17.7. The Morgan fingerprint density at radius 1 is 1.29 bits per heavy atom. The van der Waals surface area contributed by atoms with Crippen LogP contribution in [-0.2, 0) is 4.79 Å². The lowest BCUT2D eigenvalue weighted by Gasteiger charge is -2.33. The van der Waals surface area contributed by atoms with Crippen molar-refractivity contribution in [3.8, 4) is 22.8 Å². The molecule has 3 aromatic rings. The molecular formula is C23H26FN5O2. The number of amides is 1. The summed E-state index contributed by atoms with van der Waals surface area (Å²) in [6.07, 6.45) is 4.17. The highest BCUT2D eigenvalue weighted by Gasteiger charge is 2.28. The zero-order valence-electron chi connectivity index (χ0n) is 17.7. The van der Waals surface area contributed by atoms with Crippen molar-refractivity contribution in [2.45, 2.75) is 39.2 Å². The quantitative estimate of drug-likeness (QED) is 0.643. The minimum absolute atomic E-state index is 0.0143. The average Bonchev–Trinajstić information content (AvgIpc) is 3.29. The van der Waals surface area contributed by atoms with E-state index in [1.54, 1.807) is 18.3 Å². The Kier molecular flexibility index (Phi) is 6.25. The highest BCUT2D eigenvalue weighted by molar-refractivity contribution is 5.79. The molecule has 0 unspecified atom stereocenters. The Balaban J connectivity index is 1.50. The number of nitrogens with zero attached hydrogens (tertiary/aromatic N) is 4. The lowest BCUT2D eigenvalue weighted by molar-refractivity contribution is -0.126. The van der Waals surface area contributed by atoms with E-state index in [0.29, 0.717) is 30.4 Å². The second-order valence-electron chi connectivity index (χ2n) is 7.89. The van der Waals surface area contributed by atoms with Crippen LogP contribution in [0.15, 0.2) is 47.1 Å². The molecule has 4 rings (SSSR count). The normalized spacial score (nSPS) is 15.6. The van der Waals surface area contributed by atoms with Crippen LogP contribution in [0.3, 0.4) is 0 Å². The number of carbonyl (C=O) groups is 1. The van der Waals surface area contributed by atoms with E-state index in [1.165, 1.54) is 12.1 Å². The third kappa shape index (κ3) is 4.73. The van der Waals surface area contributed by atoms with Crippen LogP contribution in [0.4, 0.5) is 10.2 Å². The van der Waals surface area contributed by atoms with E-state index in [-0.39, 0.29) is 23.7 Å². The lowest BCUT2D eigenvalue weighted by Crippen LogP contribution is -2.43. The first-order valence-corrected chi connectivity index (χ1v) is 10.7. The first kappa shape index (κ1) is 21.0. The summed E-state index contributed by atoms with van der Waals surface area (Å²) < 4.78 is 19.0. The first-order valence-electron chi connectivity index (χ1n) is 10.7. The molecule has 1 atom stereocenters. The predicted molar refractivity (Wildman–Crippen MR) is 116 cm³/mol. The number of hydrogen-bond donors (Lipinski definition) is 1. The summed E-state index contributed by atoms with van der Waals surface area (Å²) in [5, 5.41) is 7.09. The minimum atomic E-state index is -0.355. The van der Waals surface area contributed by atoms with Crippen LogP contribution < -0.4 is 10.2 Å². The molecule has 0 spiro atoms. The number of anilines is 1. The van der Waals surface area contributed by atoms with Crippen molar-refractivity contribution in [3.05, 3.63) is 48.4 Å². The van der Waals surface area contributed by atoms with Gasteiger partial charge in [0.25, 0.3) is 5.89 Å². The van der Waals surface area contributed by atoms with E-state index in [9.17, 15) is 9.18 Å². The summed E-state index contributed by atoms with van der Waals surface area (Å²) in [5.74, 6) is 1.19. The van der Waals surface area contributed by atoms with Crippen LogP contribution in [0.2, 0.25) is 0 Å². The highest BCUT2D eigenvalue weighted by Crippen LogP contribution is 2.32. The first-order chi connectivity index (χ1) is 15.0. The van der Waals surface area contributed by atoms with E-state index in [0.717, 1.165) is 30.6 Å². The molecule has 1 N–H and O–H groups in total. The highest BCUT2D eigenvalue weighted by atomic mass is 19.1. The van der Waals surface area contributed by atoms with Gasteiger partial charge in [0.2, 0.25) is 11.7 Å². The Labute approximate surface area is 180 Å². The van der Waals surface area contributed by atoms with E-state index in [4.69, 9.17) is 4.52 Å². The number of nitrogens with one attached hydrogen (secondary N) is 1. The van der Waals surface area contributed by atoms with Crippen LogP contribution in [0.1, 0.15) is 33.1 Å². The van der Waals surface area contributed by atoms with E-state index >= 15 is 0 Å². The number of piperidine rings is 1. The van der Waals surface area contributed by atoms with Gasteiger partial charge in [-0.3, -0.25) is 4.79 Å². The summed E-state index contributed by atoms with van der Waals surface area (Å²) >= 11 is 0. The molecule has 0 bridgehead atoms. The van der Waals surface area contributed by atoms with Gasteiger partial charge in [0.1, 0.15) is 11.6 Å². The Morgan fingerprint density at radius 2 is 2.10 bits per heavy atom. The van der Waals surface area contributed by atoms with Gasteiger partial charge in [-0.25, -0.2) is 9.37 Å². The van der Waals surface area contributed by atoms with Gasteiger partial charge in [0.05, 0.1) is 5.56 Å². The topological polar surface area (TPSA) is 84.2 Å². The van der Waals surface area contributed by atoms with E-state index in [2.05, 4.69) is 32.3 Å². The second-order valence-corrected chi connectivity index (χ2v) is 7.89. The van der Waals surface area contributed by atoms with Crippen molar-refractivity contribution in [1.29, 1.82) is 0 Å². The molecule has 0 saturated carbocycles. The number of hydrogen-bond acceptors (Lipinski definition) is 6. The SMILES string of the molecule is CC[C@@H](C)NC(=O)C1CCN(c2ncccc2-c2nc(-c3cccc(F)c3)no2)CC1. The van der Waals surface area contributed by atoms with E-state index in [1.807, 2.05) is 19.1 Å². The number of halogens is 1. The molecule has 1 saturated heterocycles. The standard InChI is InChI=1S/C23H26FN5O2/c1-3-15(2)26-22(30)16-9-12-29(13-10-16)21-19(8-5-11-25-21)23-27-20(28-31-23)17-6-4-7-18(24)14-17/h4-8,11,14-16H,3,9-10,12-13H2,1-2H3,(H,26,30)/t15-/m1/s1. The van der Waals surface area contributed by atoms with Crippen molar-refractivity contribution in [2.24, 2.45) is 5.92 Å². The number of pyridine rings is 1. The summed E-state index contributed by atoms with van der Waals surface area (Å²) in [6.45, 7) is 5.52. The molecule has 2 aromatic heterocycles. The number of carbonyl (C=O) groups excluding carboxylic acids is 1. The van der Waals surface area contributed by atoms with Gasteiger partial charge in [-0.1, -0.05) is 24.2 Å². The molecule has 31 heavy (non-hydrogen) atoms. The largest absolute Gasteiger partial charge is 0.356 e. The summed E-state index contributed by atoms with van der Waals surface area (Å²) in [4.78, 5) is 23.6. The van der Waals surface area contributed by atoms with Crippen LogP contribution >= 0.6 is 0 Å². The molecule has 3 heterocycles. The fraction of sp³-hybridized carbons (Fsp3) is 0.391. The van der Waals surface area contributed by atoms with Crippen LogP contribution in [0, 0.1) is 11.7 Å². The number of rotatable bonds is 6. The Hall–Kier alpha value is -3.29. The van der Waals surface area contributed by atoms with Crippen LogP contribution in [0.5, 0.6) is 0 Å². The van der Waals surface area contributed by atoms with Crippen molar-refractivity contribution in [1.82, 2.24) is 20.4 Å². The molecule has 1 aromatic carbocycles. The van der Waals surface area contributed by atoms with Gasteiger partial charge in [-0.2, -0.15) is 4.98 Å². The van der Waals surface area contributed by atoms with Crippen LogP contribution in [-0.4, -0.2) is 40.2 Å². The van der Waals surface area contributed by atoms with Crippen molar-refractivity contribution >= 4 is 11.7 Å². The predicted octanol–water partition coefficient (Wildman–Crippen LogP) is 4.07. The van der Waals surface area contributed by atoms with Gasteiger partial charge < -0.3 is 14.7 Å². The molecule has 8 heteroatoms. The molecule has 0 aliphatic carbocycles. The van der Waals surface area contributed by atoms with Crippen molar-refractivity contribution < 1.29 is 13.7 Å². The van der Waals surface area contributed by atoms with Gasteiger partial charge in [0, 0.05) is 36.8 Å². The third-order valence-corrected chi connectivity index (χ3v) is 5.69. The number of aromatic nitrogens is 3. The molecule has 7 nitrogen and oxygen atoms in total. The van der Waals surface area contributed by atoms with Crippen molar-refractivity contribution in [3.63, 3.8) is 0 Å². The molecule has 0 radical (unpaired) electrons. The van der Waals surface area contributed by atoms with Crippen molar-refractivity contribution in [2.75, 3.05) is 18.0 Å². The van der Waals surface area contributed by atoms with Gasteiger partial charge in [-0.15, -0.1) is 0 Å². The fourth-order valence-electron chi connectivity index (χ4n) is 3.71. The monoisotopic (exact) mass is 423 g/mol. The maximum atomic E-state index is 13.5. The second kappa shape index (κ2) is 9.24. The molecule has 162 valence electrons.